The van der Waals surface area contributed by atoms with Crippen molar-refractivity contribution in [3.05, 3.63) is 48.1 Å². The molecule has 0 aliphatic heterocycles. The fourth-order valence-corrected chi connectivity index (χ4v) is 9.53. The fraction of sp³-hybridized carbons (Fsp3) is 0.600. The van der Waals surface area contributed by atoms with E-state index in [4.69, 9.17) is 4.74 Å². The van der Waals surface area contributed by atoms with Crippen molar-refractivity contribution in [3.63, 3.8) is 0 Å². The quantitative estimate of drug-likeness (QED) is 0.606. The van der Waals surface area contributed by atoms with Gasteiger partial charge in [-0.1, -0.05) is 37.6 Å². The van der Waals surface area contributed by atoms with Gasteiger partial charge in [0.1, 0.15) is 6.61 Å². The summed E-state index contributed by atoms with van der Waals surface area (Å²) >= 11 is 0. The maximum absolute atomic E-state index is 12.2. The third kappa shape index (κ3) is 3.09. The van der Waals surface area contributed by atoms with Crippen molar-refractivity contribution >= 4 is 16.8 Å². The van der Waals surface area contributed by atoms with E-state index in [0.717, 1.165) is 23.9 Å². The standard InChI is InChI=1S/C30H36N2O3/c1-28-12-11-19(33)15-18(28)7-8-20-21-9-10-22(29(21,2)17-30(13-14-30)26(20)28)25(34)16-35-27-31-23-5-3-4-6-24(23)32-27/h3-6,11-12,15,20-22,25-26,34H,7-10,13-14,16-17H2,1-2H3,(H,31,32). The van der Waals surface area contributed by atoms with Gasteiger partial charge in [0.15, 0.2) is 5.78 Å². The first-order valence-corrected chi connectivity index (χ1v) is 13.5. The van der Waals surface area contributed by atoms with E-state index in [2.05, 4.69) is 29.9 Å². The van der Waals surface area contributed by atoms with Gasteiger partial charge in [-0.25, -0.2) is 0 Å². The van der Waals surface area contributed by atoms with Crippen molar-refractivity contribution in [2.24, 2.45) is 39.9 Å². The van der Waals surface area contributed by atoms with E-state index < -0.39 is 6.10 Å². The van der Waals surface area contributed by atoms with Crippen LogP contribution in [-0.2, 0) is 4.79 Å². The summed E-state index contributed by atoms with van der Waals surface area (Å²) in [6, 6.07) is 8.40. The molecular formula is C30H36N2O3. The number of para-hydroxylation sites is 2. The number of carbonyl (C=O) groups excluding carboxylic acids is 1. The zero-order valence-corrected chi connectivity index (χ0v) is 20.8. The third-order valence-corrected chi connectivity index (χ3v) is 10.9. The molecule has 5 aliphatic rings. The Morgan fingerprint density at radius 3 is 2.83 bits per heavy atom. The van der Waals surface area contributed by atoms with Crippen LogP contribution in [0.1, 0.15) is 58.8 Å². The van der Waals surface area contributed by atoms with Crippen LogP contribution in [0.3, 0.4) is 0 Å². The van der Waals surface area contributed by atoms with E-state index in [0.29, 0.717) is 29.2 Å². The Morgan fingerprint density at radius 2 is 2.03 bits per heavy atom. The molecule has 7 unspecified atom stereocenters. The number of nitrogens with zero attached hydrogens (tertiary/aromatic N) is 1. The molecule has 2 N–H and O–H groups in total. The van der Waals surface area contributed by atoms with E-state index >= 15 is 0 Å². The summed E-state index contributed by atoms with van der Waals surface area (Å²) in [5, 5.41) is 11.4. The first-order valence-electron chi connectivity index (χ1n) is 13.5. The van der Waals surface area contributed by atoms with Crippen molar-refractivity contribution in [1.82, 2.24) is 9.97 Å². The molecule has 5 heteroatoms. The van der Waals surface area contributed by atoms with Gasteiger partial charge in [-0.2, -0.15) is 4.98 Å². The SMILES string of the molecule is CC12C=CC(=O)C=C1CCC1C2C2(CC2)CC2(C)C(C(O)COc3nc4ccccc4[nH]3)CCC12. The molecule has 184 valence electrons. The lowest BCUT2D eigenvalue weighted by Crippen LogP contribution is -2.55. The molecule has 0 amide bonds. The highest BCUT2D eigenvalue weighted by atomic mass is 16.5. The second kappa shape index (κ2) is 7.32. The summed E-state index contributed by atoms with van der Waals surface area (Å²) in [5.74, 6) is 2.34. The molecule has 35 heavy (non-hydrogen) atoms. The highest BCUT2D eigenvalue weighted by molar-refractivity contribution is 6.01. The van der Waals surface area contributed by atoms with E-state index in [9.17, 15) is 9.90 Å². The van der Waals surface area contributed by atoms with Gasteiger partial charge in [-0.05, 0) is 104 Å². The van der Waals surface area contributed by atoms with E-state index in [-0.39, 0.29) is 29.1 Å². The Kier molecular flexibility index (Phi) is 4.57. The van der Waals surface area contributed by atoms with Gasteiger partial charge in [0.25, 0.3) is 6.01 Å². The van der Waals surface area contributed by atoms with Crippen LogP contribution in [0.4, 0.5) is 0 Å². The molecule has 5 aliphatic carbocycles. The van der Waals surface area contributed by atoms with Crippen LogP contribution in [0, 0.1) is 39.9 Å². The number of nitrogens with one attached hydrogen (secondary N) is 1. The van der Waals surface area contributed by atoms with Gasteiger partial charge in [0.2, 0.25) is 0 Å². The molecule has 0 radical (unpaired) electrons. The van der Waals surface area contributed by atoms with E-state index in [1.165, 1.54) is 37.7 Å². The Labute approximate surface area is 207 Å². The Morgan fingerprint density at radius 1 is 1.20 bits per heavy atom. The number of hydrogen-bond donors (Lipinski definition) is 2. The minimum Gasteiger partial charge on any atom is -0.462 e. The normalized spacial score (nSPS) is 39.6. The number of ether oxygens (including phenoxy) is 1. The number of benzene rings is 1. The zero-order valence-electron chi connectivity index (χ0n) is 20.8. The number of carbonyl (C=O) groups is 1. The number of allylic oxidation sites excluding steroid dienone is 4. The second-order valence-corrected chi connectivity index (χ2v) is 12.6. The Bertz CT molecular complexity index is 1220. The molecule has 1 spiro atoms. The predicted octanol–water partition coefficient (Wildman–Crippen LogP) is 5.62. The molecule has 1 aromatic carbocycles. The van der Waals surface area contributed by atoms with Gasteiger partial charge in [0.05, 0.1) is 17.1 Å². The molecular weight excluding hydrogens is 436 g/mol. The van der Waals surface area contributed by atoms with Crippen LogP contribution in [0.2, 0.25) is 0 Å². The molecule has 5 nitrogen and oxygen atoms in total. The lowest BCUT2D eigenvalue weighted by Gasteiger charge is -2.61. The summed E-state index contributed by atoms with van der Waals surface area (Å²) in [6.45, 7) is 5.16. The van der Waals surface area contributed by atoms with Crippen LogP contribution in [0.5, 0.6) is 6.01 Å². The van der Waals surface area contributed by atoms with Gasteiger partial charge in [-0.15, -0.1) is 0 Å². The second-order valence-electron chi connectivity index (χ2n) is 12.6. The lowest BCUT2D eigenvalue weighted by atomic mass is 9.43. The van der Waals surface area contributed by atoms with Gasteiger partial charge in [0, 0.05) is 5.41 Å². The smallest absolute Gasteiger partial charge is 0.294 e. The van der Waals surface area contributed by atoms with Crippen LogP contribution in [0.25, 0.3) is 11.0 Å². The zero-order chi connectivity index (χ0) is 24.0. The summed E-state index contributed by atoms with van der Waals surface area (Å²) in [6.07, 6.45) is 13.8. The van der Waals surface area contributed by atoms with Gasteiger partial charge < -0.3 is 14.8 Å². The first kappa shape index (κ1) is 21.8. The Hall–Kier alpha value is -2.40. The monoisotopic (exact) mass is 472 g/mol. The number of hydrogen-bond acceptors (Lipinski definition) is 4. The van der Waals surface area contributed by atoms with Crippen molar-refractivity contribution in [3.8, 4) is 6.01 Å². The number of imidazole rings is 1. The summed E-state index contributed by atoms with van der Waals surface area (Å²) in [5.41, 5.74) is 3.73. The average molecular weight is 473 g/mol. The highest BCUT2D eigenvalue weighted by Gasteiger charge is 2.70. The van der Waals surface area contributed by atoms with Gasteiger partial charge >= 0.3 is 0 Å². The molecule has 0 bridgehead atoms. The van der Waals surface area contributed by atoms with Crippen LogP contribution < -0.4 is 4.74 Å². The van der Waals surface area contributed by atoms with Gasteiger partial charge in [-0.3, -0.25) is 4.79 Å². The number of ketones is 1. The predicted molar refractivity (Wildman–Crippen MR) is 135 cm³/mol. The highest BCUT2D eigenvalue weighted by Crippen LogP contribution is 2.77. The number of rotatable bonds is 4. The van der Waals surface area contributed by atoms with Crippen molar-refractivity contribution < 1.29 is 14.6 Å². The molecule has 7 rings (SSSR count). The number of aliphatic hydroxyl groups excluding tert-OH is 1. The van der Waals surface area contributed by atoms with Crippen molar-refractivity contribution in [2.75, 3.05) is 6.61 Å². The maximum atomic E-state index is 12.2. The molecule has 2 aromatic rings. The van der Waals surface area contributed by atoms with E-state index in [1.807, 2.05) is 36.4 Å². The number of fused-ring (bicyclic) bond motifs is 7. The maximum Gasteiger partial charge on any atom is 0.294 e. The first-order chi connectivity index (χ1) is 16.8. The molecule has 7 atom stereocenters. The van der Waals surface area contributed by atoms with Crippen molar-refractivity contribution in [2.45, 2.75) is 64.9 Å². The largest absolute Gasteiger partial charge is 0.462 e. The molecule has 0 saturated heterocycles. The average Bonchev–Trinajstić information content (AvgIpc) is 3.30. The number of aromatic nitrogens is 2. The number of aromatic amines is 1. The minimum atomic E-state index is -0.493. The molecule has 1 heterocycles. The molecule has 4 saturated carbocycles. The number of H-pyrrole nitrogens is 1. The molecule has 4 fully saturated rings. The minimum absolute atomic E-state index is 0.0236. The lowest BCUT2D eigenvalue weighted by molar-refractivity contribution is -0.114. The topological polar surface area (TPSA) is 75.2 Å². The summed E-state index contributed by atoms with van der Waals surface area (Å²) in [7, 11) is 0. The third-order valence-electron chi connectivity index (χ3n) is 10.9. The number of aliphatic hydroxyl groups is 1. The van der Waals surface area contributed by atoms with Crippen LogP contribution >= 0.6 is 0 Å². The summed E-state index contributed by atoms with van der Waals surface area (Å²) < 4.78 is 6.00. The van der Waals surface area contributed by atoms with Crippen LogP contribution in [0.15, 0.2) is 48.1 Å². The fourth-order valence-electron chi connectivity index (χ4n) is 9.53. The Balaban J connectivity index is 1.14. The van der Waals surface area contributed by atoms with E-state index in [1.54, 1.807) is 0 Å². The summed E-state index contributed by atoms with van der Waals surface area (Å²) in [4.78, 5) is 19.9. The van der Waals surface area contributed by atoms with Crippen molar-refractivity contribution in [1.29, 1.82) is 0 Å². The molecule has 1 aromatic heterocycles. The van der Waals surface area contributed by atoms with Crippen LogP contribution in [-0.4, -0.2) is 33.6 Å².